The maximum Gasteiger partial charge on any atom is 0.254 e. The molecule has 0 saturated carbocycles. The summed E-state index contributed by atoms with van der Waals surface area (Å²) in [7, 11) is 1.56. The predicted molar refractivity (Wildman–Crippen MR) is 137 cm³/mol. The van der Waals surface area contributed by atoms with Gasteiger partial charge < -0.3 is 14.5 Å². The standard InChI is InChI=1S/C26H26Cl2N2O3S/c1-3-11-29(26(32)17-5-4-6-19(14-17)33-2)16-24(31)30-12-9-23-21(10-13-34-23)25(30)20-8-7-18(27)15-22(20)28/h4-8,10,13-15,25H,3,9,11-12,16H2,1-2H3. The molecule has 1 aliphatic heterocycles. The van der Waals surface area contributed by atoms with Crippen molar-refractivity contribution in [2.24, 2.45) is 0 Å². The Labute approximate surface area is 213 Å². The van der Waals surface area contributed by atoms with Crippen molar-refractivity contribution in [3.8, 4) is 5.75 Å². The average Bonchev–Trinajstić information content (AvgIpc) is 3.32. The van der Waals surface area contributed by atoms with Crippen LogP contribution in [0.5, 0.6) is 5.75 Å². The van der Waals surface area contributed by atoms with E-state index in [0.29, 0.717) is 34.4 Å². The third-order valence-corrected chi connectivity index (χ3v) is 7.53. The van der Waals surface area contributed by atoms with Gasteiger partial charge in [0.05, 0.1) is 13.2 Å². The first kappa shape index (κ1) is 24.6. The molecule has 0 bridgehead atoms. The first-order valence-electron chi connectivity index (χ1n) is 11.2. The van der Waals surface area contributed by atoms with Gasteiger partial charge in [-0.3, -0.25) is 9.59 Å². The number of carbonyl (C=O) groups excluding carboxylic acids is 2. The summed E-state index contributed by atoms with van der Waals surface area (Å²) < 4.78 is 5.26. The summed E-state index contributed by atoms with van der Waals surface area (Å²) in [6.45, 7) is 3.02. The molecular weight excluding hydrogens is 491 g/mol. The molecule has 1 aromatic heterocycles. The minimum absolute atomic E-state index is 0.00887. The molecule has 0 N–H and O–H groups in total. The molecule has 2 amide bonds. The number of methoxy groups -OCH3 is 1. The number of carbonyl (C=O) groups is 2. The molecule has 1 unspecified atom stereocenters. The van der Waals surface area contributed by atoms with Crippen molar-refractivity contribution in [3.63, 3.8) is 0 Å². The van der Waals surface area contributed by atoms with Gasteiger partial charge in [0.2, 0.25) is 5.91 Å². The second kappa shape index (κ2) is 10.8. The van der Waals surface area contributed by atoms with Crippen LogP contribution < -0.4 is 4.74 Å². The van der Waals surface area contributed by atoms with Crippen LogP contribution in [0.3, 0.4) is 0 Å². The summed E-state index contributed by atoms with van der Waals surface area (Å²) in [6, 6.07) is 14.1. The largest absolute Gasteiger partial charge is 0.497 e. The van der Waals surface area contributed by atoms with Crippen LogP contribution in [-0.4, -0.2) is 48.4 Å². The second-order valence-corrected chi connectivity index (χ2v) is 10.0. The Hall–Kier alpha value is -2.54. The van der Waals surface area contributed by atoms with Crippen LogP contribution in [0.25, 0.3) is 0 Å². The smallest absolute Gasteiger partial charge is 0.254 e. The summed E-state index contributed by atoms with van der Waals surface area (Å²) in [4.78, 5) is 31.7. The van der Waals surface area contributed by atoms with Gasteiger partial charge in [0, 0.05) is 33.6 Å². The molecule has 2 aromatic carbocycles. The van der Waals surface area contributed by atoms with Crippen molar-refractivity contribution >= 4 is 46.4 Å². The Kier molecular flexibility index (Phi) is 7.81. The van der Waals surface area contributed by atoms with Gasteiger partial charge in [-0.05, 0) is 65.7 Å². The van der Waals surface area contributed by atoms with E-state index in [0.717, 1.165) is 24.0 Å². The van der Waals surface area contributed by atoms with Crippen LogP contribution in [0, 0.1) is 0 Å². The molecule has 1 aliphatic rings. The van der Waals surface area contributed by atoms with Gasteiger partial charge >= 0.3 is 0 Å². The third kappa shape index (κ3) is 5.09. The number of hydrogen-bond donors (Lipinski definition) is 0. The Bertz CT molecular complexity index is 1200. The summed E-state index contributed by atoms with van der Waals surface area (Å²) in [5.41, 5.74) is 2.41. The Balaban J connectivity index is 1.63. The van der Waals surface area contributed by atoms with Crippen molar-refractivity contribution in [1.82, 2.24) is 9.80 Å². The van der Waals surface area contributed by atoms with Gasteiger partial charge in [-0.25, -0.2) is 0 Å². The van der Waals surface area contributed by atoms with Crippen LogP contribution in [0.15, 0.2) is 53.9 Å². The Morgan fingerprint density at radius 1 is 1.15 bits per heavy atom. The van der Waals surface area contributed by atoms with E-state index in [1.54, 1.807) is 59.7 Å². The molecule has 0 saturated heterocycles. The molecule has 5 nitrogen and oxygen atoms in total. The molecular formula is C26H26Cl2N2O3S. The van der Waals surface area contributed by atoms with Gasteiger partial charge in [-0.15, -0.1) is 11.3 Å². The molecule has 0 fully saturated rings. The van der Waals surface area contributed by atoms with E-state index in [-0.39, 0.29) is 24.4 Å². The molecule has 4 rings (SSSR count). The van der Waals surface area contributed by atoms with E-state index in [4.69, 9.17) is 27.9 Å². The molecule has 0 radical (unpaired) electrons. The average molecular weight is 517 g/mol. The van der Waals surface area contributed by atoms with Crippen molar-refractivity contribution in [3.05, 3.63) is 85.5 Å². The van der Waals surface area contributed by atoms with Crippen LogP contribution in [0.1, 0.15) is 45.7 Å². The summed E-state index contributed by atoms with van der Waals surface area (Å²) >= 11 is 14.4. The highest BCUT2D eigenvalue weighted by molar-refractivity contribution is 7.10. The van der Waals surface area contributed by atoms with Crippen molar-refractivity contribution in [2.45, 2.75) is 25.8 Å². The molecule has 1 atom stereocenters. The highest BCUT2D eigenvalue weighted by atomic mass is 35.5. The number of ether oxygens (including phenoxy) is 1. The van der Waals surface area contributed by atoms with E-state index < -0.39 is 0 Å². The highest BCUT2D eigenvalue weighted by Gasteiger charge is 2.35. The number of rotatable bonds is 7. The number of amides is 2. The fourth-order valence-electron chi connectivity index (χ4n) is 4.36. The lowest BCUT2D eigenvalue weighted by Crippen LogP contribution is -2.47. The number of fused-ring (bicyclic) bond motifs is 1. The minimum atomic E-state index is -0.317. The van der Waals surface area contributed by atoms with Crippen LogP contribution in [0.2, 0.25) is 10.0 Å². The summed E-state index contributed by atoms with van der Waals surface area (Å²) in [5.74, 6) is 0.299. The number of hydrogen-bond acceptors (Lipinski definition) is 4. The quantitative estimate of drug-likeness (QED) is 0.381. The van der Waals surface area contributed by atoms with Gasteiger partial charge in [-0.2, -0.15) is 0 Å². The lowest BCUT2D eigenvalue weighted by Gasteiger charge is -2.38. The fraction of sp³-hybridized carbons (Fsp3) is 0.308. The zero-order chi connectivity index (χ0) is 24.2. The fourth-order valence-corrected chi connectivity index (χ4v) is 5.77. The van der Waals surface area contributed by atoms with E-state index in [2.05, 4.69) is 6.07 Å². The summed E-state index contributed by atoms with van der Waals surface area (Å²) in [6.07, 6.45) is 1.52. The van der Waals surface area contributed by atoms with Gasteiger partial charge in [0.15, 0.2) is 0 Å². The highest BCUT2D eigenvalue weighted by Crippen LogP contribution is 2.41. The van der Waals surface area contributed by atoms with E-state index in [9.17, 15) is 9.59 Å². The van der Waals surface area contributed by atoms with Crippen LogP contribution >= 0.6 is 34.5 Å². The van der Waals surface area contributed by atoms with Crippen molar-refractivity contribution in [2.75, 3.05) is 26.7 Å². The molecule has 8 heteroatoms. The van der Waals surface area contributed by atoms with Gasteiger partial charge in [0.1, 0.15) is 12.3 Å². The first-order valence-corrected chi connectivity index (χ1v) is 12.8. The van der Waals surface area contributed by atoms with Gasteiger partial charge in [-0.1, -0.05) is 42.3 Å². The van der Waals surface area contributed by atoms with E-state index >= 15 is 0 Å². The maximum atomic E-state index is 13.7. The molecule has 0 spiro atoms. The van der Waals surface area contributed by atoms with Crippen LogP contribution in [-0.2, 0) is 11.2 Å². The number of halogens is 2. The number of thiophene rings is 1. The second-order valence-electron chi connectivity index (χ2n) is 8.16. The molecule has 178 valence electrons. The monoisotopic (exact) mass is 516 g/mol. The SMILES string of the molecule is CCCN(CC(=O)N1CCc2sccc2C1c1ccc(Cl)cc1Cl)C(=O)c1cccc(OC)c1. The molecule has 3 aromatic rings. The summed E-state index contributed by atoms with van der Waals surface area (Å²) in [5, 5.41) is 3.11. The lowest BCUT2D eigenvalue weighted by atomic mass is 9.93. The van der Waals surface area contributed by atoms with Crippen molar-refractivity contribution < 1.29 is 14.3 Å². The van der Waals surface area contributed by atoms with E-state index in [1.165, 1.54) is 4.88 Å². The van der Waals surface area contributed by atoms with E-state index in [1.807, 2.05) is 23.3 Å². The van der Waals surface area contributed by atoms with Crippen molar-refractivity contribution in [1.29, 1.82) is 0 Å². The molecule has 0 aliphatic carbocycles. The zero-order valence-corrected chi connectivity index (χ0v) is 21.4. The minimum Gasteiger partial charge on any atom is -0.497 e. The van der Waals surface area contributed by atoms with Crippen LogP contribution in [0.4, 0.5) is 0 Å². The Morgan fingerprint density at radius 2 is 1.97 bits per heavy atom. The van der Waals surface area contributed by atoms with Gasteiger partial charge in [0.25, 0.3) is 5.91 Å². The maximum absolute atomic E-state index is 13.7. The number of benzene rings is 2. The molecule has 34 heavy (non-hydrogen) atoms. The number of nitrogens with zero attached hydrogens (tertiary/aromatic N) is 2. The Morgan fingerprint density at radius 3 is 2.71 bits per heavy atom. The zero-order valence-electron chi connectivity index (χ0n) is 19.1. The molecule has 2 heterocycles. The first-order chi connectivity index (χ1) is 16.4. The lowest BCUT2D eigenvalue weighted by molar-refractivity contribution is -0.134. The topological polar surface area (TPSA) is 49.9 Å². The third-order valence-electron chi connectivity index (χ3n) is 5.97. The normalized spacial score (nSPS) is 15.1. The predicted octanol–water partition coefficient (Wildman–Crippen LogP) is 6.09.